The quantitative estimate of drug-likeness (QED) is 0.716. The Balaban J connectivity index is 2.27. The van der Waals surface area contributed by atoms with Gasteiger partial charge in [-0.3, -0.25) is 0 Å². The monoisotopic (exact) mass is 254 g/mol. The number of ketones is 1. The first-order chi connectivity index (χ1) is 8.20. The summed E-state index contributed by atoms with van der Waals surface area (Å²) in [7, 11) is 0. The standard InChI is InChI=1S/C15H30N2O/c1-12(18)8-6-7-9-16-13-10-14(2,3)17-15(4,5)11-13/h13,16-17H,6-11H2,1-5H3. The maximum absolute atomic E-state index is 10.9. The Morgan fingerprint density at radius 3 is 2.22 bits per heavy atom. The van der Waals surface area contributed by atoms with Crippen molar-refractivity contribution >= 4 is 5.78 Å². The molecule has 18 heavy (non-hydrogen) atoms. The van der Waals surface area contributed by atoms with E-state index in [2.05, 4.69) is 38.3 Å². The van der Waals surface area contributed by atoms with Crippen molar-refractivity contribution in [3.63, 3.8) is 0 Å². The number of Topliss-reactive ketones (excluding diaryl/α,β-unsaturated/α-hetero) is 1. The number of hydrogen-bond acceptors (Lipinski definition) is 3. The molecule has 3 heteroatoms. The van der Waals surface area contributed by atoms with E-state index in [9.17, 15) is 4.79 Å². The predicted molar refractivity (Wildman–Crippen MR) is 76.9 cm³/mol. The first-order valence-corrected chi connectivity index (χ1v) is 7.22. The van der Waals surface area contributed by atoms with Gasteiger partial charge in [0.15, 0.2) is 0 Å². The molecule has 0 saturated carbocycles. The Morgan fingerprint density at radius 1 is 1.17 bits per heavy atom. The fourth-order valence-corrected chi connectivity index (χ4v) is 3.27. The van der Waals surface area contributed by atoms with Crippen LogP contribution in [-0.2, 0) is 4.79 Å². The Kier molecular flexibility index (Phi) is 5.35. The average Bonchev–Trinajstić information content (AvgIpc) is 2.11. The lowest BCUT2D eigenvalue weighted by atomic mass is 9.79. The number of nitrogens with one attached hydrogen (secondary N) is 2. The van der Waals surface area contributed by atoms with Crippen molar-refractivity contribution < 1.29 is 4.79 Å². The highest BCUT2D eigenvalue weighted by atomic mass is 16.1. The molecule has 0 atom stereocenters. The third-order valence-corrected chi connectivity index (χ3v) is 3.58. The van der Waals surface area contributed by atoms with Crippen LogP contribution in [0.25, 0.3) is 0 Å². The summed E-state index contributed by atoms with van der Waals surface area (Å²) < 4.78 is 0. The summed E-state index contributed by atoms with van der Waals surface area (Å²) in [6.45, 7) is 11.8. The van der Waals surface area contributed by atoms with Gasteiger partial charge in [-0.05, 0) is 66.8 Å². The van der Waals surface area contributed by atoms with Crippen molar-refractivity contribution in [2.75, 3.05) is 6.54 Å². The van der Waals surface area contributed by atoms with E-state index in [1.54, 1.807) is 6.92 Å². The van der Waals surface area contributed by atoms with Crippen LogP contribution in [-0.4, -0.2) is 29.4 Å². The van der Waals surface area contributed by atoms with E-state index < -0.39 is 0 Å². The van der Waals surface area contributed by atoms with Crippen molar-refractivity contribution in [1.29, 1.82) is 0 Å². The highest BCUT2D eigenvalue weighted by molar-refractivity contribution is 5.75. The van der Waals surface area contributed by atoms with E-state index in [0.717, 1.165) is 25.8 Å². The molecule has 0 aromatic heterocycles. The molecule has 106 valence electrons. The minimum Gasteiger partial charge on any atom is -0.314 e. The smallest absolute Gasteiger partial charge is 0.129 e. The van der Waals surface area contributed by atoms with Gasteiger partial charge < -0.3 is 15.4 Å². The van der Waals surface area contributed by atoms with Crippen molar-refractivity contribution in [1.82, 2.24) is 10.6 Å². The second-order valence-electron chi connectivity index (χ2n) is 7.11. The van der Waals surface area contributed by atoms with Crippen molar-refractivity contribution in [2.45, 2.75) is 83.8 Å². The molecule has 0 unspecified atom stereocenters. The third kappa shape index (κ3) is 5.96. The third-order valence-electron chi connectivity index (χ3n) is 3.58. The lowest BCUT2D eigenvalue weighted by Crippen LogP contribution is -2.61. The summed E-state index contributed by atoms with van der Waals surface area (Å²) in [5.41, 5.74) is 0.414. The maximum atomic E-state index is 10.9. The van der Waals surface area contributed by atoms with E-state index in [1.165, 1.54) is 12.8 Å². The zero-order chi connectivity index (χ0) is 13.8. The SMILES string of the molecule is CC(=O)CCCCNC1CC(C)(C)NC(C)(C)C1. The fraction of sp³-hybridized carbons (Fsp3) is 0.933. The molecule has 1 heterocycles. The van der Waals surface area contributed by atoms with Crippen LogP contribution in [0.1, 0.15) is 66.7 Å². The van der Waals surface area contributed by atoms with Gasteiger partial charge in [-0.15, -0.1) is 0 Å². The lowest BCUT2D eigenvalue weighted by molar-refractivity contribution is -0.117. The Bertz CT molecular complexity index is 268. The summed E-state index contributed by atoms with van der Waals surface area (Å²) >= 11 is 0. The summed E-state index contributed by atoms with van der Waals surface area (Å²) in [5, 5.41) is 7.35. The molecule has 1 fully saturated rings. The number of carbonyl (C=O) groups is 1. The molecule has 0 amide bonds. The van der Waals surface area contributed by atoms with Crippen LogP contribution >= 0.6 is 0 Å². The van der Waals surface area contributed by atoms with Crippen LogP contribution in [0.15, 0.2) is 0 Å². The minimum absolute atomic E-state index is 0.207. The highest BCUT2D eigenvalue weighted by Gasteiger charge is 2.37. The summed E-state index contributed by atoms with van der Waals surface area (Å²) in [4.78, 5) is 10.9. The number of unbranched alkanes of at least 4 members (excludes halogenated alkanes) is 1. The van der Waals surface area contributed by atoms with Crippen LogP contribution in [0.4, 0.5) is 0 Å². The second kappa shape index (κ2) is 6.16. The van der Waals surface area contributed by atoms with Crippen molar-refractivity contribution in [3.8, 4) is 0 Å². The molecule has 0 aromatic carbocycles. The first-order valence-electron chi connectivity index (χ1n) is 7.22. The molecule has 0 aliphatic carbocycles. The highest BCUT2D eigenvalue weighted by Crippen LogP contribution is 2.28. The van der Waals surface area contributed by atoms with Gasteiger partial charge in [0.2, 0.25) is 0 Å². The zero-order valence-corrected chi connectivity index (χ0v) is 12.7. The van der Waals surface area contributed by atoms with Gasteiger partial charge in [0, 0.05) is 23.5 Å². The molecule has 1 aliphatic rings. The van der Waals surface area contributed by atoms with E-state index in [1.807, 2.05) is 0 Å². The molecular weight excluding hydrogens is 224 g/mol. The number of carbonyl (C=O) groups excluding carboxylic acids is 1. The molecule has 0 spiro atoms. The van der Waals surface area contributed by atoms with Crippen LogP contribution < -0.4 is 10.6 Å². The minimum atomic E-state index is 0.207. The molecule has 0 bridgehead atoms. The zero-order valence-electron chi connectivity index (χ0n) is 12.7. The van der Waals surface area contributed by atoms with Gasteiger partial charge in [-0.25, -0.2) is 0 Å². The predicted octanol–water partition coefficient (Wildman–Crippen LogP) is 2.64. The molecular formula is C15H30N2O. The molecule has 0 aromatic rings. The van der Waals surface area contributed by atoms with Crippen molar-refractivity contribution in [3.05, 3.63) is 0 Å². The van der Waals surface area contributed by atoms with Crippen LogP contribution in [0.3, 0.4) is 0 Å². The van der Waals surface area contributed by atoms with E-state index >= 15 is 0 Å². The fourth-order valence-electron chi connectivity index (χ4n) is 3.27. The molecule has 1 rings (SSSR count). The Labute approximate surface area is 112 Å². The average molecular weight is 254 g/mol. The molecule has 3 nitrogen and oxygen atoms in total. The molecule has 0 radical (unpaired) electrons. The summed E-state index contributed by atoms with van der Waals surface area (Å²) in [6, 6.07) is 0.591. The van der Waals surface area contributed by atoms with Gasteiger partial charge in [-0.2, -0.15) is 0 Å². The van der Waals surface area contributed by atoms with Gasteiger partial charge in [0.05, 0.1) is 0 Å². The Hall–Kier alpha value is -0.410. The molecule has 1 saturated heterocycles. The summed E-state index contributed by atoms with van der Waals surface area (Å²) in [5.74, 6) is 0.305. The number of piperidine rings is 1. The van der Waals surface area contributed by atoms with Crippen LogP contribution in [0.5, 0.6) is 0 Å². The molecule has 1 aliphatic heterocycles. The van der Waals surface area contributed by atoms with Crippen LogP contribution in [0, 0.1) is 0 Å². The van der Waals surface area contributed by atoms with Gasteiger partial charge in [0.1, 0.15) is 5.78 Å². The van der Waals surface area contributed by atoms with Crippen molar-refractivity contribution in [2.24, 2.45) is 0 Å². The largest absolute Gasteiger partial charge is 0.314 e. The van der Waals surface area contributed by atoms with Gasteiger partial charge in [0.25, 0.3) is 0 Å². The van der Waals surface area contributed by atoms with Gasteiger partial charge in [-0.1, -0.05) is 0 Å². The maximum Gasteiger partial charge on any atom is 0.129 e. The number of hydrogen-bond donors (Lipinski definition) is 2. The Morgan fingerprint density at radius 2 is 1.72 bits per heavy atom. The van der Waals surface area contributed by atoms with E-state index in [-0.39, 0.29) is 11.1 Å². The normalized spacial score (nSPS) is 22.9. The molecule has 2 N–H and O–H groups in total. The number of rotatable bonds is 6. The lowest BCUT2D eigenvalue weighted by Gasteiger charge is -2.46. The van der Waals surface area contributed by atoms with E-state index in [0.29, 0.717) is 11.8 Å². The second-order valence-corrected chi connectivity index (χ2v) is 7.11. The van der Waals surface area contributed by atoms with E-state index in [4.69, 9.17) is 0 Å². The topological polar surface area (TPSA) is 41.1 Å². The van der Waals surface area contributed by atoms with Gasteiger partial charge >= 0.3 is 0 Å². The first kappa shape index (κ1) is 15.6. The van der Waals surface area contributed by atoms with Crippen LogP contribution in [0.2, 0.25) is 0 Å². The summed E-state index contributed by atoms with van der Waals surface area (Å²) in [6.07, 6.45) is 5.18.